The van der Waals surface area contributed by atoms with Gasteiger partial charge in [0.1, 0.15) is 0 Å². The molecule has 0 saturated heterocycles. The maximum Gasteiger partial charge on any atom is 0.319 e. The molecular formula is C20H21ClN4O. The van der Waals surface area contributed by atoms with Crippen molar-refractivity contribution < 1.29 is 4.79 Å². The van der Waals surface area contributed by atoms with Crippen LogP contribution in [0.1, 0.15) is 20.8 Å². The van der Waals surface area contributed by atoms with Gasteiger partial charge in [-0.15, -0.1) is 0 Å². The standard InChI is InChI=1S/C20H21ClN4O/c1-20(2,3)25-19(26)23-14-7-8-17-15(10-14)16(22)11-18(24-17)12-5-4-6-13(21)9-12/h4-11H,1-3H3,(H2,22,24)(H2,23,25,26). The van der Waals surface area contributed by atoms with E-state index in [4.69, 9.17) is 17.3 Å². The van der Waals surface area contributed by atoms with Gasteiger partial charge in [-0.1, -0.05) is 23.7 Å². The van der Waals surface area contributed by atoms with E-state index in [9.17, 15) is 4.79 Å². The number of nitrogen functional groups attached to an aromatic ring is 1. The van der Waals surface area contributed by atoms with Crippen molar-refractivity contribution in [2.75, 3.05) is 11.1 Å². The molecule has 1 aromatic heterocycles. The maximum absolute atomic E-state index is 12.0. The third-order valence-electron chi connectivity index (χ3n) is 3.71. The summed E-state index contributed by atoms with van der Waals surface area (Å²) >= 11 is 6.06. The first-order valence-electron chi connectivity index (χ1n) is 8.27. The second kappa shape index (κ2) is 6.84. The summed E-state index contributed by atoms with van der Waals surface area (Å²) in [4.78, 5) is 16.7. The summed E-state index contributed by atoms with van der Waals surface area (Å²) < 4.78 is 0. The fourth-order valence-electron chi connectivity index (χ4n) is 2.63. The summed E-state index contributed by atoms with van der Waals surface area (Å²) in [6, 6.07) is 14.5. The number of carbonyl (C=O) groups excluding carboxylic acids is 1. The van der Waals surface area contributed by atoms with Crippen LogP contribution in [0.5, 0.6) is 0 Å². The number of fused-ring (bicyclic) bond motifs is 1. The Hall–Kier alpha value is -2.79. The van der Waals surface area contributed by atoms with Crippen LogP contribution in [-0.4, -0.2) is 16.6 Å². The van der Waals surface area contributed by atoms with Crippen molar-refractivity contribution in [3.8, 4) is 11.3 Å². The van der Waals surface area contributed by atoms with E-state index in [-0.39, 0.29) is 11.6 Å². The van der Waals surface area contributed by atoms with Gasteiger partial charge in [0.15, 0.2) is 0 Å². The molecule has 0 aliphatic heterocycles. The van der Waals surface area contributed by atoms with Crippen LogP contribution in [0, 0.1) is 0 Å². The molecule has 0 fully saturated rings. The minimum absolute atomic E-state index is 0.265. The number of urea groups is 1. The second-order valence-electron chi connectivity index (χ2n) is 7.17. The molecule has 4 N–H and O–H groups in total. The third kappa shape index (κ3) is 4.24. The van der Waals surface area contributed by atoms with E-state index >= 15 is 0 Å². The summed E-state index contributed by atoms with van der Waals surface area (Å²) in [6.45, 7) is 5.77. The van der Waals surface area contributed by atoms with Gasteiger partial charge in [0.25, 0.3) is 0 Å². The third-order valence-corrected chi connectivity index (χ3v) is 3.94. The zero-order chi connectivity index (χ0) is 18.9. The van der Waals surface area contributed by atoms with Crippen molar-refractivity contribution in [2.45, 2.75) is 26.3 Å². The SMILES string of the molecule is CC(C)(C)NC(=O)Nc1ccc2nc(-c3cccc(Cl)c3)cc(N)c2c1. The Morgan fingerprint density at radius 3 is 2.58 bits per heavy atom. The van der Waals surface area contributed by atoms with Gasteiger partial charge in [0, 0.05) is 32.9 Å². The molecule has 0 saturated carbocycles. The van der Waals surface area contributed by atoms with E-state index in [0.29, 0.717) is 16.4 Å². The Morgan fingerprint density at radius 2 is 1.88 bits per heavy atom. The summed E-state index contributed by atoms with van der Waals surface area (Å²) in [5.41, 5.74) is 9.57. The van der Waals surface area contributed by atoms with Crippen LogP contribution in [-0.2, 0) is 0 Å². The van der Waals surface area contributed by atoms with Crippen molar-refractivity contribution in [2.24, 2.45) is 0 Å². The number of benzene rings is 2. The van der Waals surface area contributed by atoms with Crippen LogP contribution in [0.4, 0.5) is 16.2 Å². The number of pyridine rings is 1. The van der Waals surface area contributed by atoms with E-state index in [1.165, 1.54) is 0 Å². The number of anilines is 2. The molecule has 0 spiro atoms. The largest absolute Gasteiger partial charge is 0.398 e. The fourth-order valence-corrected chi connectivity index (χ4v) is 2.82. The lowest BCUT2D eigenvalue weighted by molar-refractivity contribution is 0.244. The lowest BCUT2D eigenvalue weighted by Crippen LogP contribution is -2.43. The van der Waals surface area contributed by atoms with Crippen molar-refractivity contribution in [3.05, 3.63) is 53.6 Å². The highest BCUT2D eigenvalue weighted by Crippen LogP contribution is 2.29. The highest BCUT2D eigenvalue weighted by atomic mass is 35.5. The molecule has 0 bridgehead atoms. The molecule has 0 aliphatic rings. The molecule has 3 rings (SSSR count). The Labute approximate surface area is 157 Å². The van der Waals surface area contributed by atoms with Gasteiger partial charge < -0.3 is 16.4 Å². The number of hydrogen-bond donors (Lipinski definition) is 3. The summed E-state index contributed by atoms with van der Waals surface area (Å²) in [5.74, 6) is 0. The number of nitrogens with zero attached hydrogens (tertiary/aromatic N) is 1. The van der Waals surface area contributed by atoms with Crippen LogP contribution < -0.4 is 16.4 Å². The number of amides is 2. The minimum Gasteiger partial charge on any atom is -0.398 e. The first-order valence-corrected chi connectivity index (χ1v) is 8.64. The molecule has 0 unspecified atom stereocenters. The van der Waals surface area contributed by atoms with Crippen LogP contribution in [0.3, 0.4) is 0 Å². The predicted molar refractivity (Wildman–Crippen MR) is 109 cm³/mol. The van der Waals surface area contributed by atoms with Crippen LogP contribution >= 0.6 is 11.6 Å². The number of nitrogens with one attached hydrogen (secondary N) is 2. The van der Waals surface area contributed by atoms with E-state index < -0.39 is 0 Å². The zero-order valence-corrected chi connectivity index (χ0v) is 15.7. The molecule has 0 radical (unpaired) electrons. The van der Waals surface area contributed by atoms with Gasteiger partial charge in [-0.05, 0) is 57.2 Å². The average Bonchev–Trinajstić information content (AvgIpc) is 2.53. The van der Waals surface area contributed by atoms with Crippen molar-refractivity contribution in [3.63, 3.8) is 0 Å². The molecule has 2 aromatic carbocycles. The van der Waals surface area contributed by atoms with E-state index in [1.807, 2.05) is 63.2 Å². The summed E-state index contributed by atoms with van der Waals surface area (Å²) in [7, 11) is 0. The molecular weight excluding hydrogens is 348 g/mol. The lowest BCUT2D eigenvalue weighted by atomic mass is 10.1. The van der Waals surface area contributed by atoms with Crippen LogP contribution in [0.2, 0.25) is 5.02 Å². The first kappa shape index (κ1) is 18.0. The Kier molecular flexibility index (Phi) is 4.74. The summed E-state index contributed by atoms with van der Waals surface area (Å²) in [5, 5.41) is 7.11. The van der Waals surface area contributed by atoms with E-state index in [1.54, 1.807) is 6.07 Å². The van der Waals surface area contributed by atoms with Gasteiger partial charge in [0.05, 0.1) is 11.2 Å². The predicted octanol–water partition coefficient (Wildman–Crippen LogP) is 5.06. The fraction of sp³-hybridized carbons (Fsp3) is 0.200. The van der Waals surface area contributed by atoms with E-state index in [2.05, 4.69) is 15.6 Å². The van der Waals surface area contributed by atoms with Crippen molar-refractivity contribution in [1.82, 2.24) is 10.3 Å². The minimum atomic E-state index is -0.312. The number of hydrogen-bond acceptors (Lipinski definition) is 3. The Bertz CT molecular complexity index is 979. The number of halogens is 1. The molecule has 0 aliphatic carbocycles. The topological polar surface area (TPSA) is 80.0 Å². The monoisotopic (exact) mass is 368 g/mol. The highest BCUT2D eigenvalue weighted by molar-refractivity contribution is 6.30. The quantitative estimate of drug-likeness (QED) is 0.591. The smallest absolute Gasteiger partial charge is 0.319 e. The maximum atomic E-state index is 12.0. The molecule has 3 aromatic rings. The van der Waals surface area contributed by atoms with Gasteiger partial charge >= 0.3 is 6.03 Å². The van der Waals surface area contributed by atoms with Gasteiger partial charge in [-0.2, -0.15) is 0 Å². The first-order chi connectivity index (χ1) is 12.2. The van der Waals surface area contributed by atoms with Crippen molar-refractivity contribution in [1.29, 1.82) is 0 Å². The number of carbonyl (C=O) groups is 1. The van der Waals surface area contributed by atoms with Gasteiger partial charge in [0.2, 0.25) is 0 Å². The second-order valence-corrected chi connectivity index (χ2v) is 7.60. The van der Waals surface area contributed by atoms with Gasteiger partial charge in [-0.25, -0.2) is 9.78 Å². The van der Waals surface area contributed by atoms with Crippen LogP contribution in [0.25, 0.3) is 22.2 Å². The average molecular weight is 369 g/mol. The molecule has 5 nitrogen and oxygen atoms in total. The molecule has 1 heterocycles. The molecule has 2 amide bonds. The zero-order valence-electron chi connectivity index (χ0n) is 14.9. The normalized spacial score (nSPS) is 11.4. The lowest BCUT2D eigenvalue weighted by Gasteiger charge is -2.20. The molecule has 6 heteroatoms. The molecule has 0 atom stereocenters. The Balaban J connectivity index is 1.93. The summed E-state index contributed by atoms with van der Waals surface area (Å²) in [6.07, 6.45) is 0. The van der Waals surface area contributed by atoms with Gasteiger partial charge in [-0.3, -0.25) is 0 Å². The molecule has 26 heavy (non-hydrogen) atoms. The number of rotatable bonds is 2. The number of nitrogens with two attached hydrogens (primary N) is 1. The Morgan fingerprint density at radius 1 is 1.12 bits per heavy atom. The molecule has 134 valence electrons. The van der Waals surface area contributed by atoms with Crippen LogP contribution in [0.15, 0.2) is 48.5 Å². The number of aromatic nitrogens is 1. The van der Waals surface area contributed by atoms with E-state index in [0.717, 1.165) is 22.2 Å². The highest BCUT2D eigenvalue weighted by Gasteiger charge is 2.14. The van der Waals surface area contributed by atoms with Crippen molar-refractivity contribution >= 4 is 39.9 Å².